The normalized spacial score (nSPS) is 20.5. The number of likely N-dealkylation sites (N-methyl/N-ethyl adjacent to an activating group) is 1. The number of amides is 1. The summed E-state index contributed by atoms with van der Waals surface area (Å²) in [7, 11) is 1.93. The van der Waals surface area contributed by atoms with E-state index in [1.807, 2.05) is 31.3 Å². The fraction of sp³-hybridized carbons (Fsp3) is 0.533. The number of nitrogens with one attached hydrogen (secondary N) is 2. The van der Waals surface area contributed by atoms with Crippen LogP contribution < -0.4 is 10.6 Å². The van der Waals surface area contributed by atoms with E-state index in [0.717, 1.165) is 30.5 Å². The first-order valence-corrected chi connectivity index (χ1v) is 6.58. The summed E-state index contributed by atoms with van der Waals surface area (Å²) in [6, 6.07) is 8.20. The van der Waals surface area contributed by atoms with Crippen molar-refractivity contribution in [3.8, 4) is 0 Å². The fourth-order valence-electron chi connectivity index (χ4n) is 2.17. The van der Waals surface area contributed by atoms with E-state index in [1.54, 1.807) is 0 Å². The average Bonchev–Trinajstić information content (AvgIpc) is 2.94. The molecular weight excluding hydrogens is 224 g/mol. The van der Waals surface area contributed by atoms with Crippen LogP contribution in [-0.2, 0) is 6.42 Å². The van der Waals surface area contributed by atoms with Gasteiger partial charge in [-0.1, -0.05) is 32.0 Å². The van der Waals surface area contributed by atoms with Crippen molar-refractivity contribution in [2.45, 2.75) is 32.7 Å². The van der Waals surface area contributed by atoms with Gasteiger partial charge >= 0.3 is 0 Å². The van der Waals surface area contributed by atoms with Gasteiger partial charge in [0, 0.05) is 11.6 Å². The van der Waals surface area contributed by atoms with Crippen LogP contribution in [-0.4, -0.2) is 25.5 Å². The molecule has 1 aliphatic rings. The molecule has 2 rings (SSSR count). The van der Waals surface area contributed by atoms with Crippen molar-refractivity contribution < 1.29 is 4.79 Å². The maximum Gasteiger partial charge on any atom is 0.251 e. The Balaban J connectivity index is 2.05. The second kappa shape index (κ2) is 5.11. The topological polar surface area (TPSA) is 41.1 Å². The molecule has 0 aliphatic heterocycles. The lowest BCUT2D eigenvalue weighted by molar-refractivity contribution is 0.0945. The predicted molar refractivity (Wildman–Crippen MR) is 73.7 cm³/mol. The highest BCUT2D eigenvalue weighted by Crippen LogP contribution is 2.44. The molecule has 1 aromatic rings. The Bertz CT molecular complexity index is 440. The third kappa shape index (κ3) is 2.91. The molecule has 98 valence electrons. The first-order chi connectivity index (χ1) is 8.54. The molecule has 3 nitrogen and oxygen atoms in total. The van der Waals surface area contributed by atoms with Crippen LogP contribution in [0.15, 0.2) is 24.3 Å². The van der Waals surface area contributed by atoms with Gasteiger partial charge < -0.3 is 10.6 Å². The second-order valence-corrected chi connectivity index (χ2v) is 5.73. The smallest absolute Gasteiger partial charge is 0.251 e. The van der Waals surface area contributed by atoms with Crippen molar-refractivity contribution in [2.24, 2.45) is 5.41 Å². The van der Waals surface area contributed by atoms with Crippen molar-refractivity contribution in [3.63, 3.8) is 0 Å². The van der Waals surface area contributed by atoms with E-state index in [2.05, 4.69) is 24.5 Å². The quantitative estimate of drug-likeness (QED) is 0.834. The minimum atomic E-state index is 0.0669. The molecule has 0 spiro atoms. The fourth-order valence-corrected chi connectivity index (χ4v) is 2.17. The lowest BCUT2D eigenvalue weighted by atomic mass is 10.0. The van der Waals surface area contributed by atoms with Crippen LogP contribution in [0.25, 0.3) is 0 Å². The monoisotopic (exact) mass is 246 g/mol. The van der Waals surface area contributed by atoms with Gasteiger partial charge in [0.15, 0.2) is 0 Å². The SMILES string of the molecule is CNCCc1ccccc1C(=O)NC1CC1(C)C. The van der Waals surface area contributed by atoms with Gasteiger partial charge in [-0.15, -0.1) is 0 Å². The molecule has 18 heavy (non-hydrogen) atoms. The molecule has 0 heterocycles. The van der Waals surface area contributed by atoms with Crippen LogP contribution in [0.2, 0.25) is 0 Å². The van der Waals surface area contributed by atoms with Crippen molar-refractivity contribution >= 4 is 5.91 Å². The first-order valence-electron chi connectivity index (χ1n) is 6.58. The number of rotatable bonds is 5. The summed E-state index contributed by atoms with van der Waals surface area (Å²) in [5.74, 6) is 0.0669. The van der Waals surface area contributed by atoms with E-state index in [9.17, 15) is 4.79 Å². The van der Waals surface area contributed by atoms with Gasteiger partial charge in [0.1, 0.15) is 0 Å². The molecule has 1 unspecified atom stereocenters. The molecule has 3 heteroatoms. The molecule has 1 fully saturated rings. The highest BCUT2D eigenvalue weighted by Gasteiger charge is 2.46. The lowest BCUT2D eigenvalue weighted by Crippen LogP contribution is -2.29. The second-order valence-electron chi connectivity index (χ2n) is 5.73. The van der Waals surface area contributed by atoms with Gasteiger partial charge in [-0.25, -0.2) is 0 Å². The zero-order valence-electron chi connectivity index (χ0n) is 11.4. The Hall–Kier alpha value is -1.35. The third-order valence-electron chi connectivity index (χ3n) is 3.73. The van der Waals surface area contributed by atoms with Crippen LogP contribution in [0.5, 0.6) is 0 Å². The summed E-state index contributed by atoms with van der Waals surface area (Å²) in [5, 5.41) is 6.23. The highest BCUT2D eigenvalue weighted by molar-refractivity contribution is 5.96. The van der Waals surface area contributed by atoms with Gasteiger partial charge in [-0.3, -0.25) is 4.79 Å². The van der Waals surface area contributed by atoms with Crippen molar-refractivity contribution in [3.05, 3.63) is 35.4 Å². The van der Waals surface area contributed by atoms with Gasteiger partial charge in [0.05, 0.1) is 0 Å². The molecule has 2 N–H and O–H groups in total. The third-order valence-corrected chi connectivity index (χ3v) is 3.73. The Morgan fingerprint density at radius 1 is 1.39 bits per heavy atom. The minimum Gasteiger partial charge on any atom is -0.349 e. The Labute approximate surface area is 109 Å². The van der Waals surface area contributed by atoms with E-state index in [-0.39, 0.29) is 11.3 Å². The summed E-state index contributed by atoms with van der Waals surface area (Å²) < 4.78 is 0. The highest BCUT2D eigenvalue weighted by atomic mass is 16.1. The number of benzene rings is 1. The van der Waals surface area contributed by atoms with E-state index in [1.165, 1.54) is 0 Å². The predicted octanol–water partition coefficient (Wildman–Crippen LogP) is 1.98. The average molecular weight is 246 g/mol. The van der Waals surface area contributed by atoms with Crippen molar-refractivity contribution in [1.29, 1.82) is 0 Å². The van der Waals surface area contributed by atoms with E-state index >= 15 is 0 Å². The summed E-state index contributed by atoms with van der Waals surface area (Å²) in [6.07, 6.45) is 1.96. The molecule has 1 atom stereocenters. The van der Waals surface area contributed by atoms with Gasteiger partial charge in [0.25, 0.3) is 5.91 Å². The molecular formula is C15H22N2O. The van der Waals surface area contributed by atoms with Crippen LogP contribution in [0.3, 0.4) is 0 Å². The molecule has 1 aromatic carbocycles. The van der Waals surface area contributed by atoms with E-state index < -0.39 is 0 Å². The zero-order valence-corrected chi connectivity index (χ0v) is 11.4. The minimum absolute atomic E-state index is 0.0669. The van der Waals surface area contributed by atoms with Crippen LogP contribution >= 0.6 is 0 Å². The number of hydrogen-bond acceptors (Lipinski definition) is 2. The van der Waals surface area contributed by atoms with Gasteiger partial charge in [0.2, 0.25) is 0 Å². The molecule has 0 radical (unpaired) electrons. The summed E-state index contributed by atoms with van der Waals surface area (Å²) in [6.45, 7) is 5.26. The van der Waals surface area contributed by atoms with Crippen LogP contribution in [0.4, 0.5) is 0 Å². The molecule has 1 aliphatic carbocycles. The summed E-state index contributed by atoms with van der Waals surface area (Å²) >= 11 is 0. The van der Waals surface area contributed by atoms with Crippen molar-refractivity contribution in [1.82, 2.24) is 10.6 Å². The largest absolute Gasteiger partial charge is 0.349 e. The molecule has 1 amide bonds. The van der Waals surface area contributed by atoms with Crippen LogP contribution in [0.1, 0.15) is 36.2 Å². The van der Waals surface area contributed by atoms with Crippen molar-refractivity contribution in [2.75, 3.05) is 13.6 Å². The standard InChI is InChI=1S/C15H22N2O/c1-15(2)10-13(15)17-14(18)12-7-5-4-6-11(12)8-9-16-3/h4-7,13,16H,8-10H2,1-3H3,(H,17,18). The number of carbonyl (C=O) groups excluding carboxylic acids is 1. The first kappa shape index (κ1) is 13.1. The van der Waals surface area contributed by atoms with E-state index in [4.69, 9.17) is 0 Å². The van der Waals surface area contributed by atoms with Crippen LogP contribution in [0, 0.1) is 5.41 Å². The van der Waals surface area contributed by atoms with E-state index in [0.29, 0.717) is 6.04 Å². The Kier molecular flexibility index (Phi) is 3.71. The lowest BCUT2D eigenvalue weighted by Gasteiger charge is -2.11. The Morgan fingerprint density at radius 2 is 2.06 bits per heavy atom. The Morgan fingerprint density at radius 3 is 2.67 bits per heavy atom. The van der Waals surface area contributed by atoms with Gasteiger partial charge in [-0.2, -0.15) is 0 Å². The maximum absolute atomic E-state index is 12.2. The number of hydrogen-bond donors (Lipinski definition) is 2. The summed E-state index contributed by atoms with van der Waals surface area (Å²) in [4.78, 5) is 12.2. The van der Waals surface area contributed by atoms with Gasteiger partial charge in [-0.05, 0) is 43.5 Å². The number of carbonyl (C=O) groups is 1. The zero-order chi connectivity index (χ0) is 13.2. The molecule has 0 bridgehead atoms. The molecule has 1 saturated carbocycles. The maximum atomic E-state index is 12.2. The molecule has 0 saturated heterocycles. The molecule has 0 aromatic heterocycles. The summed E-state index contributed by atoms with van der Waals surface area (Å²) in [5.41, 5.74) is 2.20.